The summed E-state index contributed by atoms with van der Waals surface area (Å²) in [6.45, 7) is 6.83. The van der Waals surface area contributed by atoms with E-state index >= 15 is 0 Å². The molecule has 25 heteroatoms. The molecule has 3 fully saturated rings. The summed E-state index contributed by atoms with van der Waals surface area (Å²) < 4.78 is 0. The van der Waals surface area contributed by atoms with Gasteiger partial charge >= 0.3 is 0 Å². The Morgan fingerprint density at radius 3 is 1.97 bits per heavy atom. The molecule has 75 heavy (non-hydrogen) atoms. The molecular weight excluding hydrogens is 1020 g/mol. The zero-order chi connectivity index (χ0) is 55.0. The number of phenolic OH excluding ortho intramolecular Hbond substituents is 1. The fourth-order valence-electron chi connectivity index (χ4n) is 9.81. The Morgan fingerprint density at radius 1 is 0.747 bits per heavy atom. The van der Waals surface area contributed by atoms with Crippen LogP contribution in [0.25, 0.3) is 0 Å². The zero-order valence-corrected chi connectivity index (χ0v) is 44.9. The molecule has 23 nitrogen and oxygen atoms in total. The van der Waals surface area contributed by atoms with Gasteiger partial charge in [-0.15, -0.1) is 0 Å². The Kier molecular flexibility index (Phi) is 28.0. The number of amides is 7. The van der Waals surface area contributed by atoms with Crippen molar-refractivity contribution in [1.29, 1.82) is 0 Å². The molecule has 1 unspecified atom stereocenters. The van der Waals surface area contributed by atoms with E-state index in [0.29, 0.717) is 18.3 Å². The molecule has 426 valence electrons. The number of nitrogens with zero attached hydrogens (tertiary/aromatic N) is 2. The molecule has 0 bridgehead atoms. The van der Waals surface area contributed by atoms with E-state index < -0.39 is 145 Å². The number of phenols is 1. The normalized spacial score (nSPS) is 28.9. The molecular formula is C50H82ArN8O15S. The van der Waals surface area contributed by atoms with Crippen molar-refractivity contribution in [3.63, 3.8) is 0 Å². The molecule has 1 aromatic rings. The van der Waals surface area contributed by atoms with E-state index in [0.717, 1.165) is 61.7 Å². The fraction of sp³-hybridized carbons (Fsp3) is 0.740. The molecule has 7 amide bonds. The minimum atomic E-state index is -2.27. The van der Waals surface area contributed by atoms with Gasteiger partial charge in [-0.25, -0.2) is 0 Å². The predicted octanol–water partition coefficient (Wildman–Crippen LogP) is -1.93. The van der Waals surface area contributed by atoms with Crippen LogP contribution in [0.2, 0.25) is 0 Å². The van der Waals surface area contributed by atoms with E-state index in [2.05, 4.69) is 60.0 Å². The first-order valence-electron chi connectivity index (χ1n) is 26.0. The van der Waals surface area contributed by atoms with Gasteiger partial charge in [0.1, 0.15) is 54.2 Å². The Labute approximate surface area is 474 Å². The van der Waals surface area contributed by atoms with Gasteiger partial charge in [0.25, 0.3) is 0 Å². The van der Waals surface area contributed by atoms with E-state index in [-0.39, 0.29) is 81.4 Å². The topological polar surface area (TPSA) is 374 Å². The third-order valence-electron chi connectivity index (χ3n) is 14.4. The molecule has 3 saturated heterocycles. The second-order valence-corrected chi connectivity index (χ2v) is 21.0. The number of rotatable bonds is 20. The molecule has 3 aliphatic heterocycles. The molecule has 4 rings (SSSR count). The van der Waals surface area contributed by atoms with Crippen LogP contribution < -0.4 is 32.3 Å². The van der Waals surface area contributed by atoms with E-state index in [1.165, 1.54) is 30.7 Å². The van der Waals surface area contributed by atoms with Crippen molar-refractivity contribution in [2.24, 2.45) is 17.6 Å². The number of aliphatic hydroxyl groups is 7. The van der Waals surface area contributed by atoms with Crippen molar-refractivity contribution >= 4 is 54.0 Å². The van der Waals surface area contributed by atoms with Gasteiger partial charge in [-0.1, -0.05) is 77.8 Å². The standard InChI is InChI=1S/C50H82N8O15S.Ar/c1-5-26(2)22-27(3)12-10-8-6-7-9-11-13-37(65)52-32-24-36(64)48(74)56-47(71)41-35(63)19-21-57(41)50(73)39(34(62)18-20-51)54-46(70)40(43(67)42(66)29-14-16-30(60)17-15-29)55-45(69)33-23-31(61)25-58(33)49(72)38(28(4)59)53-44(32)68;/h14-17,26-28,31-36,38-43,48,59-64,66-67,74H,5-13,18-25,51H2,1-4H3,(H,52,65)(H,53,68)(H,54,70)(H,55,69)(H,56,71);/t26-,27+,28+,31+,32-,33-,34+,35-,36+,38-,39-,40-,41-,42-,43-,48?;/m0./s1. The third kappa shape index (κ3) is 19.2. The van der Waals surface area contributed by atoms with Gasteiger partial charge in [0, 0.05) is 70.1 Å². The summed E-state index contributed by atoms with van der Waals surface area (Å²) in [6, 6.07) is -6.31. The molecule has 0 saturated carbocycles. The summed E-state index contributed by atoms with van der Waals surface area (Å²) in [6.07, 6.45) is -5.28. The number of thiol groups is 1. The van der Waals surface area contributed by atoms with E-state index in [4.69, 9.17) is 5.73 Å². The molecule has 0 radical (unpaired) electrons. The molecule has 15 N–H and O–H groups in total. The minimum Gasteiger partial charge on any atom is -0.508 e. The second kappa shape index (κ2) is 31.9. The van der Waals surface area contributed by atoms with Crippen LogP contribution in [0.3, 0.4) is 0 Å². The number of aromatic hydroxyl groups is 1. The number of hydrogen-bond donors (Lipinski definition) is 15. The van der Waals surface area contributed by atoms with Gasteiger partial charge in [0.15, 0.2) is 0 Å². The number of carbonyl (C=O) groups excluding carboxylic acids is 7. The Hall–Kier alpha value is -3.40. The smallest absolute Gasteiger partial charge is 0.248 e. The summed E-state index contributed by atoms with van der Waals surface area (Å²) in [7, 11) is 0. The van der Waals surface area contributed by atoms with E-state index in [1.54, 1.807) is 0 Å². The van der Waals surface area contributed by atoms with Gasteiger partial charge in [-0.2, -0.15) is 12.6 Å². The molecule has 0 aromatic heterocycles. The first-order valence-corrected chi connectivity index (χ1v) is 26.6. The number of hydrogen-bond acceptors (Lipinski definition) is 17. The average Bonchev–Trinajstić information content (AvgIpc) is 3.95. The van der Waals surface area contributed by atoms with Gasteiger partial charge < -0.3 is 83.0 Å². The molecule has 0 spiro atoms. The molecule has 0 aliphatic carbocycles. The third-order valence-corrected chi connectivity index (χ3v) is 14.8. The van der Waals surface area contributed by atoms with Crippen LogP contribution in [0.1, 0.15) is 129 Å². The molecule has 1 aromatic carbocycles. The van der Waals surface area contributed by atoms with Crippen LogP contribution in [-0.2, 0) is 33.6 Å². The maximum Gasteiger partial charge on any atom is 0.248 e. The van der Waals surface area contributed by atoms with Crippen LogP contribution >= 0.6 is 12.6 Å². The largest absolute Gasteiger partial charge is 0.508 e. The number of benzene rings is 1. The summed E-state index contributed by atoms with van der Waals surface area (Å²) in [5.74, 6) is -6.41. The number of nitrogens with two attached hydrogens (primary N) is 1. The number of unbranched alkanes of at least 4 members (excludes halogenated alkanes) is 5. The van der Waals surface area contributed by atoms with Gasteiger partial charge in [0.05, 0.1) is 35.9 Å². The first kappa shape index (κ1) is 65.9. The van der Waals surface area contributed by atoms with Crippen LogP contribution in [-0.4, -0.2) is 190 Å². The van der Waals surface area contributed by atoms with Crippen molar-refractivity contribution in [1.82, 2.24) is 36.4 Å². The van der Waals surface area contributed by atoms with Crippen molar-refractivity contribution in [3.05, 3.63) is 29.8 Å². The maximum absolute atomic E-state index is 14.4. The van der Waals surface area contributed by atoms with Crippen molar-refractivity contribution in [2.45, 2.75) is 202 Å². The number of carbonyl (C=O) groups is 7. The van der Waals surface area contributed by atoms with Crippen LogP contribution in [0, 0.1) is 49.6 Å². The predicted molar refractivity (Wildman–Crippen MR) is 272 cm³/mol. The maximum atomic E-state index is 14.4. The Balaban J connectivity index is 0.0000148. The number of fused-ring (bicyclic) bond motifs is 2. The molecule has 3 heterocycles. The SMILES string of the molecule is CC[C@H](C)C[C@H](C)CCCCCCCCC(=O)N[C@H]1C[C@@H](O)C(S)NC(=O)[C@@H]2[C@@H](O)CCN2C(=O)[C@H]([C@H](O)CCN)NC(=O)[C@H]([C@H](O)[C@@H](O)c2ccc(O)cc2)NC(=O)[C@@H]2C[C@@H](O)CN2C(=O)[C@H]([C@@H](C)O)NC1=O.[Ar]. The number of aliphatic hydroxyl groups excluding tert-OH is 7. The number of nitrogens with one attached hydrogen (secondary N) is 5. The van der Waals surface area contributed by atoms with Gasteiger partial charge in [-0.3, -0.25) is 33.6 Å². The zero-order valence-electron chi connectivity index (χ0n) is 43.3. The van der Waals surface area contributed by atoms with Crippen LogP contribution in [0.15, 0.2) is 24.3 Å². The summed E-state index contributed by atoms with van der Waals surface area (Å²) in [4.78, 5) is 101. The van der Waals surface area contributed by atoms with Crippen LogP contribution in [0.4, 0.5) is 0 Å². The van der Waals surface area contributed by atoms with Crippen molar-refractivity contribution in [2.75, 3.05) is 19.6 Å². The molecule has 3 aliphatic rings. The van der Waals surface area contributed by atoms with Crippen molar-refractivity contribution in [3.8, 4) is 5.75 Å². The quantitative estimate of drug-likeness (QED) is 0.0499. The first-order chi connectivity index (χ1) is 35.0. The Morgan fingerprint density at radius 2 is 1.35 bits per heavy atom. The minimum absolute atomic E-state index is 0. The summed E-state index contributed by atoms with van der Waals surface area (Å²) in [5.41, 5.74) is 5.66. The Bertz CT molecular complexity index is 2030. The summed E-state index contributed by atoms with van der Waals surface area (Å²) in [5, 5.41) is 98.9. The van der Waals surface area contributed by atoms with E-state index in [1.807, 2.05) is 0 Å². The van der Waals surface area contributed by atoms with E-state index in [9.17, 15) is 74.4 Å². The summed E-state index contributed by atoms with van der Waals surface area (Å²) >= 11 is 4.36. The monoisotopic (exact) mass is 1110 g/mol. The molecule has 16 atom stereocenters. The second-order valence-electron chi connectivity index (χ2n) is 20.5. The van der Waals surface area contributed by atoms with Crippen molar-refractivity contribution < 1.29 is 112 Å². The van der Waals surface area contributed by atoms with Gasteiger partial charge in [-0.05, 0) is 68.7 Å². The van der Waals surface area contributed by atoms with Gasteiger partial charge in [0.2, 0.25) is 41.4 Å². The fourth-order valence-corrected chi connectivity index (χ4v) is 10.1. The van der Waals surface area contributed by atoms with Crippen LogP contribution in [0.5, 0.6) is 5.75 Å². The average molecular weight is 1110 g/mol.